The maximum Gasteiger partial charge on any atom is 0.573 e. The molecule has 1 saturated heterocycles. The van der Waals surface area contributed by atoms with E-state index < -0.39 is 6.36 Å². The van der Waals surface area contributed by atoms with E-state index in [1.165, 1.54) is 12.1 Å². The molecule has 3 nitrogen and oxygen atoms in total. The molecule has 0 aromatic heterocycles. The van der Waals surface area contributed by atoms with Crippen molar-refractivity contribution in [3.63, 3.8) is 0 Å². The van der Waals surface area contributed by atoms with Gasteiger partial charge in [-0.3, -0.25) is 4.90 Å². The molecule has 0 spiro atoms. The van der Waals surface area contributed by atoms with Gasteiger partial charge in [-0.15, -0.1) is 13.2 Å². The summed E-state index contributed by atoms with van der Waals surface area (Å²) in [5, 5.41) is 0. The monoisotopic (exact) mass is 288 g/mol. The van der Waals surface area contributed by atoms with Crippen molar-refractivity contribution >= 4 is 0 Å². The van der Waals surface area contributed by atoms with E-state index in [2.05, 4.69) is 21.6 Å². The molecule has 0 N–H and O–H groups in total. The number of benzene rings is 1. The predicted molar refractivity (Wildman–Crippen MR) is 70.5 cm³/mol. The summed E-state index contributed by atoms with van der Waals surface area (Å²) in [5.41, 5.74) is 1.00. The van der Waals surface area contributed by atoms with Crippen LogP contribution in [0, 0.1) is 0 Å². The van der Waals surface area contributed by atoms with Crippen LogP contribution in [0.25, 0.3) is 0 Å². The van der Waals surface area contributed by atoms with E-state index in [1.807, 2.05) is 0 Å². The first-order valence-corrected chi connectivity index (χ1v) is 6.68. The third-order valence-corrected chi connectivity index (χ3v) is 3.38. The fourth-order valence-electron chi connectivity index (χ4n) is 2.31. The zero-order valence-corrected chi connectivity index (χ0v) is 11.5. The van der Waals surface area contributed by atoms with Gasteiger partial charge >= 0.3 is 6.36 Å². The number of nitrogens with zero attached hydrogens (tertiary/aromatic N) is 2. The second-order valence-corrected chi connectivity index (χ2v) is 5.12. The number of ether oxygens (including phenoxy) is 1. The first-order valence-electron chi connectivity index (χ1n) is 6.68. The molecule has 0 aliphatic carbocycles. The Kier molecular flexibility index (Phi) is 4.88. The summed E-state index contributed by atoms with van der Waals surface area (Å²) in [6.45, 7) is 4.88. The lowest BCUT2D eigenvalue weighted by atomic mass is 10.2. The SMILES string of the molecule is CN1CCCN(Cc2ccc(OC(F)(F)F)cc2)CC1. The summed E-state index contributed by atoms with van der Waals surface area (Å²) < 4.78 is 40.0. The molecule has 0 amide bonds. The van der Waals surface area contributed by atoms with Crippen LogP contribution in [0.4, 0.5) is 13.2 Å². The van der Waals surface area contributed by atoms with E-state index >= 15 is 0 Å². The number of hydrogen-bond acceptors (Lipinski definition) is 3. The molecule has 1 aliphatic heterocycles. The van der Waals surface area contributed by atoms with Gasteiger partial charge in [-0.25, -0.2) is 0 Å². The fraction of sp³-hybridized carbons (Fsp3) is 0.571. The van der Waals surface area contributed by atoms with E-state index in [-0.39, 0.29) is 5.75 Å². The summed E-state index contributed by atoms with van der Waals surface area (Å²) >= 11 is 0. The minimum Gasteiger partial charge on any atom is -0.406 e. The Labute approximate surface area is 116 Å². The van der Waals surface area contributed by atoms with E-state index in [0.717, 1.165) is 44.7 Å². The van der Waals surface area contributed by atoms with Crippen molar-refractivity contribution in [2.45, 2.75) is 19.3 Å². The quantitative estimate of drug-likeness (QED) is 0.850. The third kappa shape index (κ3) is 5.02. The average Bonchev–Trinajstić information content (AvgIpc) is 2.55. The highest BCUT2D eigenvalue weighted by Gasteiger charge is 2.30. The zero-order valence-electron chi connectivity index (χ0n) is 11.5. The Morgan fingerprint density at radius 2 is 1.75 bits per heavy atom. The number of rotatable bonds is 3. The van der Waals surface area contributed by atoms with Crippen molar-refractivity contribution in [3.05, 3.63) is 29.8 Å². The molecule has 1 aromatic carbocycles. The lowest BCUT2D eigenvalue weighted by Crippen LogP contribution is -2.28. The molecule has 0 bridgehead atoms. The highest BCUT2D eigenvalue weighted by Crippen LogP contribution is 2.23. The molecular weight excluding hydrogens is 269 g/mol. The van der Waals surface area contributed by atoms with Gasteiger partial charge in [0.15, 0.2) is 0 Å². The Morgan fingerprint density at radius 3 is 2.40 bits per heavy atom. The minimum absolute atomic E-state index is 0.170. The van der Waals surface area contributed by atoms with Crippen LogP contribution in [0.3, 0.4) is 0 Å². The van der Waals surface area contributed by atoms with Crippen molar-refractivity contribution in [2.24, 2.45) is 0 Å². The van der Waals surface area contributed by atoms with Crippen LogP contribution in [0.1, 0.15) is 12.0 Å². The standard InChI is InChI=1S/C14H19F3N2O/c1-18-7-2-8-19(10-9-18)11-12-3-5-13(6-4-12)20-14(15,16)17/h3-6H,2,7-11H2,1H3. The molecule has 1 fully saturated rings. The van der Waals surface area contributed by atoms with E-state index in [0.29, 0.717) is 0 Å². The molecular formula is C14H19F3N2O. The summed E-state index contributed by atoms with van der Waals surface area (Å²) in [4.78, 5) is 4.61. The number of hydrogen-bond donors (Lipinski definition) is 0. The molecule has 0 unspecified atom stereocenters. The Bertz CT molecular complexity index is 419. The van der Waals surface area contributed by atoms with Gasteiger partial charge < -0.3 is 9.64 Å². The summed E-state index contributed by atoms with van der Waals surface area (Å²) in [6, 6.07) is 6.12. The van der Waals surface area contributed by atoms with Gasteiger partial charge in [0.2, 0.25) is 0 Å². The number of alkyl halides is 3. The van der Waals surface area contributed by atoms with E-state index in [1.54, 1.807) is 12.1 Å². The maximum atomic E-state index is 12.1. The average molecular weight is 288 g/mol. The number of halogens is 3. The second-order valence-electron chi connectivity index (χ2n) is 5.12. The lowest BCUT2D eigenvalue weighted by Gasteiger charge is -2.20. The molecule has 6 heteroatoms. The molecule has 0 atom stereocenters. The smallest absolute Gasteiger partial charge is 0.406 e. The molecule has 112 valence electrons. The van der Waals surface area contributed by atoms with Crippen LogP contribution < -0.4 is 4.74 Å². The van der Waals surface area contributed by atoms with Crippen LogP contribution >= 0.6 is 0 Å². The second kappa shape index (κ2) is 6.45. The Morgan fingerprint density at radius 1 is 1.05 bits per heavy atom. The Balaban J connectivity index is 1.90. The molecule has 2 rings (SSSR count). The van der Waals surface area contributed by atoms with Crippen LogP contribution in [0.5, 0.6) is 5.75 Å². The predicted octanol–water partition coefficient (Wildman–Crippen LogP) is 2.72. The van der Waals surface area contributed by atoms with Gasteiger partial charge in [-0.05, 0) is 44.3 Å². The zero-order chi connectivity index (χ0) is 14.6. The highest BCUT2D eigenvalue weighted by atomic mass is 19.4. The summed E-state index contributed by atoms with van der Waals surface area (Å²) in [5.74, 6) is -0.170. The van der Waals surface area contributed by atoms with Crippen molar-refractivity contribution in [2.75, 3.05) is 33.2 Å². The summed E-state index contributed by atoms with van der Waals surface area (Å²) in [7, 11) is 2.10. The highest BCUT2D eigenvalue weighted by molar-refractivity contribution is 5.27. The van der Waals surface area contributed by atoms with Gasteiger partial charge in [-0.1, -0.05) is 12.1 Å². The topological polar surface area (TPSA) is 15.7 Å². The van der Waals surface area contributed by atoms with Gasteiger partial charge in [0, 0.05) is 19.6 Å². The number of likely N-dealkylation sites (N-methyl/N-ethyl adjacent to an activating group) is 1. The molecule has 1 aliphatic rings. The van der Waals surface area contributed by atoms with Crippen molar-refractivity contribution in [1.82, 2.24) is 9.80 Å². The first kappa shape index (κ1) is 15.1. The van der Waals surface area contributed by atoms with Crippen LogP contribution in [0.15, 0.2) is 24.3 Å². The van der Waals surface area contributed by atoms with Crippen molar-refractivity contribution in [3.8, 4) is 5.75 Å². The van der Waals surface area contributed by atoms with E-state index in [4.69, 9.17) is 0 Å². The van der Waals surface area contributed by atoms with Crippen LogP contribution in [-0.2, 0) is 6.54 Å². The fourth-order valence-corrected chi connectivity index (χ4v) is 2.31. The minimum atomic E-state index is -4.63. The molecule has 1 heterocycles. The largest absolute Gasteiger partial charge is 0.573 e. The molecule has 20 heavy (non-hydrogen) atoms. The molecule has 0 radical (unpaired) electrons. The van der Waals surface area contributed by atoms with E-state index in [9.17, 15) is 13.2 Å². The lowest BCUT2D eigenvalue weighted by molar-refractivity contribution is -0.274. The normalized spacial score (nSPS) is 18.8. The third-order valence-electron chi connectivity index (χ3n) is 3.38. The van der Waals surface area contributed by atoms with Crippen molar-refractivity contribution in [1.29, 1.82) is 0 Å². The van der Waals surface area contributed by atoms with Gasteiger partial charge in [0.25, 0.3) is 0 Å². The van der Waals surface area contributed by atoms with Crippen LogP contribution in [-0.4, -0.2) is 49.4 Å². The van der Waals surface area contributed by atoms with Crippen LogP contribution in [0.2, 0.25) is 0 Å². The van der Waals surface area contributed by atoms with Gasteiger partial charge in [0.05, 0.1) is 0 Å². The summed E-state index contributed by atoms with van der Waals surface area (Å²) in [6.07, 6.45) is -3.51. The van der Waals surface area contributed by atoms with Crippen molar-refractivity contribution < 1.29 is 17.9 Å². The van der Waals surface area contributed by atoms with Gasteiger partial charge in [0.1, 0.15) is 5.75 Å². The maximum absolute atomic E-state index is 12.1. The molecule has 0 saturated carbocycles. The first-order chi connectivity index (χ1) is 9.42. The van der Waals surface area contributed by atoms with Gasteiger partial charge in [-0.2, -0.15) is 0 Å². The molecule has 1 aromatic rings. The Hall–Kier alpha value is -1.27.